The summed E-state index contributed by atoms with van der Waals surface area (Å²) in [6.45, 7) is 4.78. The molecule has 0 spiro atoms. The SMILES string of the molecule is CCC(C)Nc1nncc(NCc2ccccc2Cl)n1. The molecule has 106 valence electrons. The smallest absolute Gasteiger partial charge is 0.244 e. The average Bonchev–Trinajstić information content (AvgIpc) is 2.47. The fourth-order valence-corrected chi connectivity index (χ4v) is 1.80. The van der Waals surface area contributed by atoms with Crippen LogP contribution in [0.3, 0.4) is 0 Å². The number of rotatable bonds is 6. The van der Waals surface area contributed by atoms with E-state index < -0.39 is 0 Å². The van der Waals surface area contributed by atoms with E-state index in [0.29, 0.717) is 24.4 Å². The van der Waals surface area contributed by atoms with Crippen molar-refractivity contribution in [3.8, 4) is 0 Å². The molecule has 0 aliphatic heterocycles. The third kappa shape index (κ3) is 4.06. The summed E-state index contributed by atoms with van der Waals surface area (Å²) in [6.07, 6.45) is 2.60. The first-order chi connectivity index (χ1) is 9.69. The molecule has 0 saturated heterocycles. The first kappa shape index (κ1) is 14.5. The van der Waals surface area contributed by atoms with Crippen molar-refractivity contribution in [3.63, 3.8) is 0 Å². The molecule has 0 radical (unpaired) electrons. The van der Waals surface area contributed by atoms with Crippen LogP contribution in [0, 0.1) is 0 Å². The van der Waals surface area contributed by atoms with Crippen molar-refractivity contribution in [2.45, 2.75) is 32.9 Å². The Morgan fingerprint density at radius 1 is 1.30 bits per heavy atom. The van der Waals surface area contributed by atoms with Gasteiger partial charge in [-0.15, -0.1) is 5.10 Å². The van der Waals surface area contributed by atoms with Crippen molar-refractivity contribution >= 4 is 23.4 Å². The second-order valence-electron chi connectivity index (χ2n) is 4.56. The summed E-state index contributed by atoms with van der Waals surface area (Å²) in [5.74, 6) is 1.20. The summed E-state index contributed by atoms with van der Waals surface area (Å²) in [6, 6.07) is 8.02. The number of hydrogen-bond acceptors (Lipinski definition) is 5. The van der Waals surface area contributed by atoms with E-state index in [-0.39, 0.29) is 0 Å². The van der Waals surface area contributed by atoms with Gasteiger partial charge in [0, 0.05) is 17.6 Å². The van der Waals surface area contributed by atoms with Crippen LogP contribution in [0.5, 0.6) is 0 Å². The zero-order chi connectivity index (χ0) is 14.4. The molecule has 6 heteroatoms. The Morgan fingerprint density at radius 3 is 2.85 bits per heavy atom. The lowest BCUT2D eigenvalue weighted by Crippen LogP contribution is -2.16. The van der Waals surface area contributed by atoms with E-state index in [2.05, 4.69) is 39.7 Å². The van der Waals surface area contributed by atoms with Crippen molar-refractivity contribution in [1.82, 2.24) is 15.2 Å². The van der Waals surface area contributed by atoms with Crippen LogP contribution in [0.1, 0.15) is 25.8 Å². The van der Waals surface area contributed by atoms with Gasteiger partial charge in [-0.2, -0.15) is 10.1 Å². The largest absolute Gasteiger partial charge is 0.364 e. The standard InChI is InChI=1S/C14H18ClN5/c1-3-10(2)18-14-19-13(9-17-20-14)16-8-11-6-4-5-7-12(11)15/h4-7,9-10H,3,8H2,1-2H3,(H2,16,18,19,20). The maximum atomic E-state index is 6.11. The number of anilines is 2. The second kappa shape index (κ2) is 7.05. The van der Waals surface area contributed by atoms with Gasteiger partial charge in [0.2, 0.25) is 5.95 Å². The fraction of sp³-hybridized carbons (Fsp3) is 0.357. The zero-order valence-corrected chi connectivity index (χ0v) is 12.4. The van der Waals surface area contributed by atoms with E-state index in [1.807, 2.05) is 24.3 Å². The Labute approximate surface area is 123 Å². The first-order valence-electron chi connectivity index (χ1n) is 6.62. The molecule has 2 N–H and O–H groups in total. The highest BCUT2D eigenvalue weighted by Gasteiger charge is 2.04. The van der Waals surface area contributed by atoms with Crippen molar-refractivity contribution in [2.24, 2.45) is 0 Å². The van der Waals surface area contributed by atoms with Gasteiger partial charge in [0.1, 0.15) is 0 Å². The summed E-state index contributed by atoms with van der Waals surface area (Å²) in [7, 11) is 0. The molecule has 5 nitrogen and oxygen atoms in total. The van der Waals surface area contributed by atoms with E-state index in [1.165, 1.54) is 0 Å². The van der Waals surface area contributed by atoms with Gasteiger partial charge >= 0.3 is 0 Å². The van der Waals surface area contributed by atoms with Crippen LogP contribution in [-0.2, 0) is 6.54 Å². The molecule has 0 amide bonds. The van der Waals surface area contributed by atoms with E-state index in [9.17, 15) is 0 Å². The molecule has 2 rings (SSSR count). The molecule has 1 unspecified atom stereocenters. The Morgan fingerprint density at radius 2 is 2.10 bits per heavy atom. The Bertz CT molecular complexity index is 561. The topological polar surface area (TPSA) is 62.7 Å². The highest BCUT2D eigenvalue weighted by Crippen LogP contribution is 2.16. The van der Waals surface area contributed by atoms with Gasteiger partial charge in [-0.25, -0.2) is 0 Å². The second-order valence-corrected chi connectivity index (χ2v) is 4.97. The summed E-state index contributed by atoms with van der Waals surface area (Å²) in [4.78, 5) is 4.37. The maximum Gasteiger partial charge on any atom is 0.244 e. The molecule has 1 heterocycles. The van der Waals surface area contributed by atoms with E-state index in [0.717, 1.165) is 17.0 Å². The Balaban J connectivity index is 2.00. The lowest BCUT2D eigenvalue weighted by molar-refractivity contribution is 0.746. The number of nitrogens with zero attached hydrogens (tertiary/aromatic N) is 3. The molecule has 0 fully saturated rings. The fourth-order valence-electron chi connectivity index (χ4n) is 1.60. The van der Waals surface area contributed by atoms with E-state index >= 15 is 0 Å². The van der Waals surface area contributed by atoms with Gasteiger partial charge in [-0.3, -0.25) is 0 Å². The van der Waals surface area contributed by atoms with Crippen LogP contribution in [0.15, 0.2) is 30.5 Å². The van der Waals surface area contributed by atoms with Gasteiger partial charge in [0.25, 0.3) is 0 Å². The molecule has 20 heavy (non-hydrogen) atoms. The number of benzene rings is 1. The Kier molecular flexibility index (Phi) is 5.12. The van der Waals surface area contributed by atoms with E-state index in [1.54, 1.807) is 6.20 Å². The van der Waals surface area contributed by atoms with Crippen molar-refractivity contribution in [1.29, 1.82) is 0 Å². The van der Waals surface area contributed by atoms with Gasteiger partial charge in [0.15, 0.2) is 5.82 Å². The van der Waals surface area contributed by atoms with Gasteiger partial charge in [-0.05, 0) is 25.0 Å². The maximum absolute atomic E-state index is 6.11. The van der Waals surface area contributed by atoms with Gasteiger partial charge in [0.05, 0.1) is 6.20 Å². The normalized spacial score (nSPS) is 11.9. The predicted octanol–water partition coefficient (Wildman–Crippen LogP) is 3.35. The summed E-state index contributed by atoms with van der Waals surface area (Å²) < 4.78 is 0. The van der Waals surface area contributed by atoms with Crippen molar-refractivity contribution < 1.29 is 0 Å². The summed E-state index contributed by atoms with van der Waals surface area (Å²) >= 11 is 6.11. The molecular weight excluding hydrogens is 274 g/mol. The van der Waals surface area contributed by atoms with Crippen LogP contribution >= 0.6 is 11.6 Å². The molecular formula is C14H18ClN5. The number of aromatic nitrogens is 3. The molecule has 1 aromatic heterocycles. The number of nitrogens with one attached hydrogen (secondary N) is 2. The highest BCUT2D eigenvalue weighted by atomic mass is 35.5. The van der Waals surface area contributed by atoms with Crippen LogP contribution in [0.4, 0.5) is 11.8 Å². The third-order valence-electron chi connectivity index (χ3n) is 2.96. The molecule has 0 bridgehead atoms. The summed E-state index contributed by atoms with van der Waals surface area (Å²) in [5.41, 5.74) is 1.02. The van der Waals surface area contributed by atoms with Crippen LogP contribution < -0.4 is 10.6 Å². The highest BCUT2D eigenvalue weighted by molar-refractivity contribution is 6.31. The summed E-state index contributed by atoms with van der Waals surface area (Å²) in [5, 5.41) is 15.0. The molecule has 1 atom stereocenters. The molecule has 0 aliphatic carbocycles. The number of halogens is 1. The monoisotopic (exact) mass is 291 g/mol. The molecule has 2 aromatic rings. The van der Waals surface area contributed by atoms with Crippen molar-refractivity contribution in [3.05, 3.63) is 41.0 Å². The van der Waals surface area contributed by atoms with E-state index in [4.69, 9.17) is 11.6 Å². The van der Waals surface area contributed by atoms with Crippen molar-refractivity contribution in [2.75, 3.05) is 10.6 Å². The minimum absolute atomic E-state index is 0.315. The van der Waals surface area contributed by atoms with Gasteiger partial charge in [-0.1, -0.05) is 36.7 Å². The van der Waals surface area contributed by atoms with Crippen LogP contribution in [0.25, 0.3) is 0 Å². The molecule has 1 aromatic carbocycles. The molecule has 0 aliphatic rings. The van der Waals surface area contributed by atoms with Crippen LogP contribution in [-0.4, -0.2) is 21.2 Å². The quantitative estimate of drug-likeness (QED) is 0.854. The Hall–Kier alpha value is -1.88. The average molecular weight is 292 g/mol. The van der Waals surface area contributed by atoms with Crippen LogP contribution in [0.2, 0.25) is 5.02 Å². The van der Waals surface area contributed by atoms with Gasteiger partial charge < -0.3 is 10.6 Å². The number of hydrogen-bond donors (Lipinski definition) is 2. The molecule has 0 saturated carbocycles. The first-order valence-corrected chi connectivity index (χ1v) is 7.00. The predicted molar refractivity (Wildman–Crippen MR) is 82.0 cm³/mol. The lowest BCUT2D eigenvalue weighted by Gasteiger charge is -2.12. The minimum atomic E-state index is 0.315. The zero-order valence-electron chi connectivity index (χ0n) is 11.6. The minimum Gasteiger partial charge on any atom is -0.364 e. The third-order valence-corrected chi connectivity index (χ3v) is 3.33. The lowest BCUT2D eigenvalue weighted by atomic mass is 10.2.